The van der Waals surface area contributed by atoms with Crippen LogP contribution in [0.5, 0.6) is 0 Å². The van der Waals surface area contributed by atoms with Gasteiger partial charge >= 0.3 is 6.18 Å². The summed E-state index contributed by atoms with van der Waals surface area (Å²) in [5, 5.41) is 0. The van der Waals surface area contributed by atoms with Gasteiger partial charge in [-0.15, -0.1) is 0 Å². The van der Waals surface area contributed by atoms with Gasteiger partial charge in [-0.05, 0) is 30.5 Å². The fraction of sp³-hybridized carbons (Fsp3) is 0.500. The number of carbonyl (C=O) groups excluding carboxylic acids is 2. The second-order valence-electron chi connectivity index (χ2n) is 5.45. The van der Waals surface area contributed by atoms with Crippen molar-refractivity contribution in [1.29, 1.82) is 0 Å². The average molecular weight is 298 g/mol. The second kappa shape index (κ2) is 5.28. The molecule has 0 aliphatic heterocycles. The van der Waals surface area contributed by atoms with Gasteiger partial charge in [-0.3, -0.25) is 9.59 Å². The lowest BCUT2D eigenvalue weighted by atomic mass is 9.77. The third-order valence-electron chi connectivity index (χ3n) is 4.56. The summed E-state index contributed by atoms with van der Waals surface area (Å²) in [7, 11) is 0. The van der Waals surface area contributed by atoms with Crippen LogP contribution in [0, 0.1) is 5.41 Å². The number of ketones is 2. The monoisotopic (exact) mass is 298 g/mol. The summed E-state index contributed by atoms with van der Waals surface area (Å²) in [4.78, 5) is 24.7. The summed E-state index contributed by atoms with van der Waals surface area (Å²) >= 11 is 0. The molecule has 1 aromatic carbocycles. The van der Waals surface area contributed by atoms with Crippen LogP contribution in [0.2, 0.25) is 0 Å². The van der Waals surface area contributed by atoms with Gasteiger partial charge in [-0.25, -0.2) is 0 Å². The second-order valence-corrected chi connectivity index (χ2v) is 5.45. The van der Waals surface area contributed by atoms with E-state index in [9.17, 15) is 22.8 Å². The van der Waals surface area contributed by atoms with Gasteiger partial charge in [0.1, 0.15) is 5.78 Å². The summed E-state index contributed by atoms with van der Waals surface area (Å²) < 4.78 is 37.6. The van der Waals surface area contributed by atoms with Crippen molar-refractivity contribution in [3.63, 3.8) is 0 Å². The molecule has 5 heteroatoms. The maximum absolute atomic E-state index is 12.5. The van der Waals surface area contributed by atoms with Crippen molar-refractivity contribution < 1.29 is 22.8 Å². The molecule has 0 spiro atoms. The molecule has 1 aliphatic carbocycles. The Bertz CT molecular complexity index is 554. The summed E-state index contributed by atoms with van der Waals surface area (Å²) in [6.07, 6.45) is -3.42. The molecule has 1 saturated carbocycles. The number of alkyl halides is 3. The zero-order valence-electron chi connectivity index (χ0n) is 12.0. The van der Waals surface area contributed by atoms with Crippen molar-refractivity contribution >= 4 is 11.6 Å². The van der Waals surface area contributed by atoms with E-state index in [4.69, 9.17) is 0 Å². The zero-order chi connectivity index (χ0) is 15.8. The molecule has 21 heavy (non-hydrogen) atoms. The molecule has 0 unspecified atom stereocenters. The third kappa shape index (κ3) is 2.49. The van der Waals surface area contributed by atoms with E-state index >= 15 is 0 Å². The molecule has 2 nitrogen and oxygen atoms in total. The molecule has 0 amide bonds. The molecule has 0 radical (unpaired) electrons. The average Bonchev–Trinajstić information content (AvgIpc) is 2.70. The van der Waals surface area contributed by atoms with Crippen molar-refractivity contribution in [3.8, 4) is 0 Å². The lowest BCUT2D eigenvalue weighted by Crippen LogP contribution is -2.32. The van der Waals surface area contributed by atoms with Crippen LogP contribution in [0.3, 0.4) is 0 Å². The van der Waals surface area contributed by atoms with Crippen molar-refractivity contribution in [3.05, 3.63) is 35.4 Å². The molecule has 114 valence electrons. The number of hydrogen-bond acceptors (Lipinski definition) is 2. The van der Waals surface area contributed by atoms with E-state index < -0.39 is 23.1 Å². The van der Waals surface area contributed by atoms with Gasteiger partial charge in [0.05, 0.1) is 16.9 Å². The van der Waals surface area contributed by atoms with Gasteiger partial charge < -0.3 is 0 Å². The van der Waals surface area contributed by atoms with E-state index in [0.717, 1.165) is 12.1 Å². The first kappa shape index (κ1) is 15.7. The van der Waals surface area contributed by atoms with Gasteiger partial charge in [0.25, 0.3) is 0 Å². The van der Waals surface area contributed by atoms with E-state index in [0.29, 0.717) is 18.4 Å². The van der Waals surface area contributed by atoms with Crippen LogP contribution in [0.1, 0.15) is 50.2 Å². The Balaban J connectivity index is 2.32. The molecular formula is C16H17F3O2. The van der Waals surface area contributed by atoms with Crippen LogP contribution in [0.25, 0.3) is 0 Å². The molecule has 0 bridgehead atoms. The van der Waals surface area contributed by atoms with Crippen LogP contribution in [-0.4, -0.2) is 11.6 Å². The molecular weight excluding hydrogens is 281 g/mol. The summed E-state index contributed by atoms with van der Waals surface area (Å²) in [5.74, 6) is -0.862. The highest BCUT2D eigenvalue weighted by atomic mass is 19.4. The minimum Gasteiger partial charge on any atom is -0.299 e. The highest BCUT2D eigenvalue weighted by Crippen LogP contribution is 2.45. The smallest absolute Gasteiger partial charge is 0.299 e. The summed E-state index contributed by atoms with van der Waals surface area (Å²) in [6.45, 7) is 3.60. The Labute approximate surface area is 121 Å². The van der Waals surface area contributed by atoms with E-state index in [1.165, 1.54) is 12.1 Å². The molecule has 0 aromatic heterocycles. The minimum absolute atomic E-state index is 0.0892. The topological polar surface area (TPSA) is 34.1 Å². The van der Waals surface area contributed by atoms with Crippen LogP contribution in [0.15, 0.2) is 24.3 Å². The largest absolute Gasteiger partial charge is 0.416 e. The quantitative estimate of drug-likeness (QED) is 0.786. The fourth-order valence-corrected chi connectivity index (χ4v) is 3.11. The summed E-state index contributed by atoms with van der Waals surface area (Å²) in [5.41, 5.74) is -1.21. The predicted molar refractivity (Wildman–Crippen MR) is 71.8 cm³/mol. The van der Waals surface area contributed by atoms with Crippen molar-refractivity contribution in [2.75, 3.05) is 0 Å². The highest BCUT2D eigenvalue weighted by molar-refractivity contribution is 6.16. The van der Waals surface area contributed by atoms with Gasteiger partial charge in [0.15, 0.2) is 5.78 Å². The van der Waals surface area contributed by atoms with Crippen molar-refractivity contribution in [1.82, 2.24) is 0 Å². The Kier molecular flexibility index (Phi) is 3.95. The minimum atomic E-state index is -4.40. The van der Waals surface area contributed by atoms with E-state index in [1.54, 1.807) is 13.8 Å². The standard InChI is InChI=1S/C16H17F3O2/c1-3-15(4-2)13(20)9-12(14(15)21)10-5-7-11(8-6-10)16(17,18)19/h5-8,12H,3-4,9H2,1-2H3/t12-/m1/s1. The normalized spacial score (nSPS) is 21.9. The fourth-order valence-electron chi connectivity index (χ4n) is 3.11. The van der Waals surface area contributed by atoms with Crippen molar-refractivity contribution in [2.24, 2.45) is 5.41 Å². The first-order valence-electron chi connectivity index (χ1n) is 7.01. The van der Waals surface area contributed by atoms with Crippen LogP contribution >= 0.6 is 0 Å². The number of Topliss-reactive ketones (excluding diaryl/α,β-unsaturated/α-hetero) is 2. The van der Waals surface area contributed by atoms with E-state index in [-0.39, 0.29) is 18.0 Å². The van der Waals surface area contributed by atoms with Gasteiger partial charge in [-0.2, -0.15) is 13.2 Å². The lowest BCUT2D eigenvalue weighted by molar-refractivity contribution is -0.138. The number of benzene rings is 1. The zero-order valence-corrected chi connectivity index (χ0v) is 12.0. The SMILES string of the molecule is CCC1(CC)C(=O)C[C@H](c2ccc(C(F)(F)F)cc2)C1=O. The predicted octanol–water partition coefficient (Wildman–Crippen LogP) is 4.14. The molecule has 0 N–H and O–H groups in total. The maximum Gasteiger partial charge on any atom is 0.416 e. The van der Waals surface area contributed by atoms with Gasteiger partial charge in [0, 0.05) is 6.42 Å². The number of carbonyl (C=O) groups is 2. The van der Waals surface area contributed by atoms with Crippen LogP contribution in [-0.2, 0) is 15.8 Å². The van der Waals surface area contributed by atoms with E-state index in [2.05, 4.69) is 0 Å². The Morgan fingerprint density at radius 1 is 1.10 bits per heavy atom. The highest BCUT2D eigenvalue weighted by Gasteiger charge is 2.52. The Morgan fingerprint density at radius 3 is 2.00 bits per heavy atom. The molecule has 0 heterocycles. The number of hydrogen-bond donors (Lipinski definition) is 0. The van der Waals surface area contributed by atoms with Gasteiger partial charge in [-0.1, -0.05) is 26.0 Å². The molecule has 1 atom stereocenters. The van der Waals surface area contributed by atoms with E-state index in [1.807, 2.05) is 0 Å². The number of rotatable bonds is 3. The van der Waals surface area contributed by atoms with Crippen LogP contribution in [0.4, 0.5) is 13.2 Å². The molecule has 1 fully saturated rings. The third-order valence-corrected chi connectivity index (χ3v) is 4.56. The van der Waals surface area contributed by atoms with Crippen LogP contribution < -0.4 is 0 Å². The lowest BCUT2D eigenvalue weighted by Gasteiger charge is -2.22. The summed E-state index contributed by atoms with van der Waals surface area (Å²) in [6, 6.07) is 4.54. The van der Waals surface area contributed by atoms with Crippen molar-refractivity contribution in [2.45, 2.75) is 45.2 Å². The molecule has 0 saturated heterocycles. The molecule has 1 aliphatic rings. The first-order chi connectivity index (χ1) is 9.76. The molecule has 1 aromatic rings. The molecule has 2 rings (SSSR count). The number of halogens is 3. The Hall–Kier alpha value is -1.65. The maximum atomic E-state index is 12.5. The van der Waals surface area contributed by atoms with Gasteiger partial charge in [0.2, 0.25) is 0 Å². The Morgan fingerprint density at radius 2 is 1.62 bits per heavy atom. The first-order valence-corrected chi connectivity index (χ1v) is 7.01.